The van der Waals surface area contributed by atoms with Crippen LogP contribution in [-0.2, 0) is 9.53 Å². The number of aromatic nitrogens is 1. The normalized spacial score (nSPS) is 14.3. The average Bonchev–Trinajstić information content (AvgIpc) is 2.84. The fraction of sp³-hybridized carbons (Fsp3) is 0.185. The van der Waals surface area contributed by atoms with Crippen LogP contribution in [0.1, 0.15) is 0 Å². The number of amides is 1. The molecule has 4 aromatic rings. The molecule has 0 bridgehead atoms. The van der Waals surface area contributed by atoms with Crippen LogP contribution in [0.3, 0.4) is 0 Å². The Bertz CT molecular complexity index is 1290. The summed E-state index contributed by atoms with van der Waals surface area (Å²) in [6.07, 6.45) is 0. The van der Waals surface area contributed by atoms with Gasteiger partial charge in [0.1, 0.15) is 0 Å². The number of rotatable bonds is 5. The van der Waals surface area contributed by atoms with Gasteiger partial charge in [-0.25, -0.2) is 4.98 Å². The van der Waals surface area contributed by atoms with Crippen molar-refractivity contribution in [3.8, 4) is 22.4 Å². The number of fused-ring (bicyclic) bond motifs is 1. The van der Waals surface area contributed by atoms with E-state index in [1.54, 1.807) is 0 Å². The molecule has 1 N–H and O–H groups in total. The molecule has 5 rings (SSSR count). The molecule has 0 aliphatic carbocycles. The highest BCUT2D eigenvalue weighted by atomic mass is 35.5. The van der Waals surface area contributed by atoms with Crippen LogP contribution in [-0.4, -0.2) is 48.6 Å². The van der Waals surface area contributed by atoms with E-state index in [0.717, 1.165) is 52.1 Å². The molecule has 0 atom stereocenters. The fourth-order valence-electron chi connectivity index (χ4n) is 4.12. The van der Waals surface area contributed by atoms with Crippen LogP contribution in [0.25, 0.3) is 33.3 Å². The summed E-state index contributed by atoms with van der Waals surface area (Å²) >= 11 is 6.30. The Morgan fingerprint density at radius 1 is 0.939 bits per heavy atom. The van der Waals surface area contributed by atoms with Crippen LogP contribution >= 0.6 is 11.6 Å². The lowest BCUT2D eigenvalue weighted by Gasteiger charge is -2.25. The maximum absolute atomic E-state index is 12.6. The third-order valence-corrected chi connectivity index (χ3v) is 6.00. The number of ether oxygens (including phenoxy) is 1. The van der Waals surface area contributed by atoms with Crippen molar-refractivity contribution in [2.75, 3.05) is 38.2 Å². The second-order valence-electron chi connectivity index (χ2n) is 8.10. The first-order chi connectivity index (χ1) is 16.2. The van der Waals surface area contributed by atoms with Gasteiger partial charge < -0.3 is 10.1 Å². The lowest BCUT2D eigenvalue weighted by molar-refractivity contribution is -0.118. The van der Waals surface area contributed by atoms with Crippen LogP contribution < -0.4 is 5.32 Å². The number of halogens is 1. The molecule has 2 heterocycles. The highest BCUT2D eigenvalue weighted by Gasteiger charge is 2.15. The summed E-state index contributed by atoms with van der Waals surface area (Å²) in [5.74, 6) is -0.0277. The minimum Gasteiger partial charge on any atom is -0.379 e. The molecule has 1 aliphatic rings. The third-order valence-electron chi connectivity index (χ3n) is 5.77. The highest BCUT2D eigenvalue weighted by Crippen LogP contribution is 2.34. The second-order valence-corrected chi connectivity index (χ2v) is 8.54. The van der Waals surface area contributed by atoms with Crippen molar-refractivity contribution in [1.29, 1.82) is 0 Å². The molecule has 6 heteroatoms. The van der Waals surface area contributed by atoms with Gasteiger partial charge in [0, 0.05) is 34.7 Å². The van der Waals surface area contributed by atoms with Gasteiger partial charge in [0.05, 0.1) is 31.0 Å². The van der Waals surface area contributed by atoms with Gasteiger partial charge in [-0.2, -0.15) is 0 Å². The van der Waals surface area contributed by atoms with Gasteiger partial charge in [0.25, 0.3) is 0 Å². The smallest absolute Gasteiger partial charge is 0.238 e. The van der Waals surface area contributed by atoms with E-state index in [1.165, 1.54) is 0 Å². The zero-order chi connectivity index (χ0) is 22.6. The number of morpholine rings is 1. The number of nitrogens with one attached hydrogen (secondary N) is 1. The van der Waals surface area contributed by atoms with Crippen LogP contribution in [0.5, 0.6) is 0 Å². The molecule has 0 saturated carbocycles. The van der Waals surface area contributed by atoms with Crippen LogP contribution in [0.15, 0.2) is 78.9 Å². The van der Waals surface area contributed by atoms with Gasteiger partial charge in [-0.05, 0) is 47.5 Å². The van der Waals surface area contributed by atoms with Crippen molar-refractivity contribution in [3.05, 3.63) is 83.9 Å². The van der Waals surface area contributed by atoms with E-state index in [4.69, 9.17) is 21.3 Å². The van der Waals surface area contributed by atoms with Crippen LogP contribution in [0.4, 0.5) is 5.69 Å². The number of benzene rings is 3. The molecule has 3 aromatic carbocycles. The van der Waals surface area contributed by atoms with E-state index < -0.39 is 0 Å². The molecule has 1 aromatic heterocycles. The lowest BCUT2D eigenvalue weighted by Crippen LogP contribution is -2.41. The van der Waals surface area contributed by atoms with Gasteiger partial charge in [0.15, 0.2) is 0 Å². The van der Waals surface area contributed by atoms with Gasteiger partial charge in [-0.3, -0.25) is 9.69 Å². The molecule has 1 saturated heterocycles. The maximum atomic E-state index is 12.6. The summed E-state index contributed by atoms with van der Waals surface area (Å²) in [6.45, 7) is 3.26. The first-order valence-electron chi connectivity index (χ1n) is 11.0. The molecule has 0 radical (unpaired) electrons. The van der Waals surface area contributed by atoms with Gasteiger partial charge in [-0.15, -0.1) is 0 Å². The lowest BCUT2D eigenvalue weighted by atomic mass is 9.98. The molecular formula is C27H24ClN3O2. The van der Waals surface area contributed by atoms with Gasteiger partial charge in [-0.1, -0.05) is 54.1 Å². The Morgan fingerprint density at radius 3 is 2.55 bits per heavy atom. The van der Waals surface area contributed by atoms with E-state index in [1.807, 2.05) is 60.7 Å². The maximum Gasteiger partial charge on any atom is 0.238 e. The number of carbonyl (C=O) groups excluding carboxylic acids is 1. The van der Waals surface area contributed by atoms with Crippen molar-refractivity contribution in [3.63, 3.8) is 0 Å². The number of hydrogen-bond donors (Lipinski definition) is 1. The van der Waals surface area contributed by atoms with Gasteiger partial charge in [0.2, 0.25) is 5.91 Å². The summed E-state index contributed by atoms with van der Waals surface area (Å²) in [5.41, 5.74) is 5.58. The minimum atomic E-state index is -0.0277. The SMILES string of the molecule is O=C(CN1CCOCC1)Nc1cccc(-c2cc(-c3ccccc3)c3cc(Cl)ccc3n2)c1. The molecular weight excluding hydrogens is 434 g/mol. The Kier molecular flexibility index (Phi) is 6.35. The van der Waals surface area contributed by atoms with Crippen LogP contribution in [0.2, 0.25) is 5.02 Å². The fourth-order valence-corrected chi connectivity index (χ4v) is 4.29. The quantitative estimate of drug-likeness (QED) is 0.430. The molecule has 166 valence electrons. The predicted molar refractivity (Wildman–Crippen MR) is 134 cm³/mol. The number of hydrogen-bond acceptors (Lipinski definition) is 4. The van der Waals surface area contributed by atoms with E-state index in [2.05, 4.69) is 28.4 Å². The van der Waals surface area contributed by atoms with Crippen molar-refractivity contribution in [1.82, 2.24) is 9.88 Å². The monoisotopic (exact) mass is 457 g/mol. The van der Waals surface area contributed by atoms with E-state index in [-0.39, 0.29) is 5.91 Å². The average molecular weight is 458 g/mol. The predicted octanol–water partition coefficient (Wildman–Crippen LogP) is 5.49. The Hall–Kier alpha value is -3.25. The molecule has 0 spiro atoms. The number of pyridine rings is 1. The highest BCUT2D eigenvalue weighted by molar-refractivity contribution is 6.31. The summed E-state index contributed by atoms with van der Waals surface area (Å²) in [5, 5.41) is 4.71. The molecule has 1 aliphatic heterocycles. The topological polar surface area (TPSA) is 54.5 Å². The molecule has 0 unspecified atom stereocenters. The molecule has 5 nitrogen and oxygen atoms in total. The molecule has 1 fully saturated rings. The van der Waals surface area contributed by atoms with Crippen molar-refractivity contribution in [2.24, 2.45) is 0 Å². The van der Waals surface area contributed by atoms with Gasteiger partial charge >= 0.3 is 0 Å². The van der Waals surface area contributed by atoms with Crippen LogP contribution in [0, 0.1) is 0 Å². The third kappa shape index (κ3) is 5.06. The van der Waals surface area contributed by atoms with E-state index >= 15 is 0 Å². The van der Waals surface area contributed by atoms with Crippen molar-refractivity contribution >= 4 is 34.1 Å². The first-order valence-corrected chi connectivity index (χ1v) is 11.4. The zero-order valence-electron chi connectivity index (χ0n) is 18.1. The molecule has 33 heavy (non-hydrogen) atoms. The Morgan fingerprint density at radius 2 is 1.73 bits per heavy atom. The summed E-state index contributed by atoms with van der Waals surface area (Å²) in [4.78, 5) is 19.5. The zero-order valence-corrected chi connectivity index (χ0v) is 18.9. The van der Waals surface area contributed by atoms with Crippen molar-refractivity contribution in [2.45, 2.75) is 0 Å². The number of nitrogens with zero attached hydrogens (tertiary/aromatic N) is 2. The largest absolute Gasteiger partial charge is 0.379 e. The standard InChI is InChI=1S/C27H24ClN3O2/c28-21-9-10-25-24(16-21)23(19-5-2-1-3-6-19)17-26(30-25)20-7-4-8-22(15-20)29-27(32)18-31-11-13-33-14-12-31/h1-10,15-17H,11-14,18H2,(H,29,32). The number of carbonyl (C=O) groups is 1. The Labute approximate surface area is 198 Å². The van der Waals surface area contributed by atoms with E-state index in [9.17, 15) is 4.79 Å². The molecule has 1 amide bonds. The Balaban J connectivity index is 1.47. The second kappa shape index (κ2) is 9.71. The van der Waals surface area contributed by atoms with Crippen molar-refractivity contribution < 1.29 is 9.53 Å². The number of anilines is 1. The summed E-state index contributed by atoms with van der Waals surface area (Å²) in [7, 11) is 0. The summed E-state index contributed by atoms with van der Waals surface area (Å²) < 4.78 is 5.36. The first kappa shape index (κ1) is 21.6. The minimum absolute atomic E-state index is 0.0277. The van der Waals surface area contributed by atoms with E-state index in [0.29, 0.717) is 24.8 Å². The summed E-state index contributed by atoms with van der Waals surface area (Å²) in [6, 6.07) is 25.9.